The zero-order chi connectivity index (χ0) is 34.3. The van der Waals surface area contributed by atoms with Gasteiger partial charge in [0.1, 0.15) is 23.8 Å². The molecular formula is C36H31N5O8. The average Bonchev–Trinajstić information content (AvgIpc) is 3.52. The van der Waals surface area contributed by atoms with Crippen LogP contribution >= 0.6 is 0 Å². The number of nitrogens with zero attached hydrogens (tertiary/aromatic N) is 4. The summed E-state index contributed by atoms with van der Waals surface area (Å²) in [6, 6.07) is 27.1. The number of carboxylic acids is 2. The van der Waals surface area contributed by atoms with Crippen LogP contribution in [0, 0.1) is 0 Å². The van der Waals surface area contributed by atoms with Gasteiger partial charge in [-0.2, -0.15) is 0 Å². The van der Waals surface area contributed by atoms with Crippen molar-refractivity contribution in [2.45, 2.75) is 19.5 Å². The highest BCUT2D eigenvalue weighted by molar-refractivity contribution is 6.00. The van der Waals surface area contributed by atoms with Gasteiger partial charge in [0.2, 0.25) is 5.91 Å². The standard InChI is InChI=1S/C36H31N5O8/c42-31(22-49-27-15-11-24(12-16-27)36(46)47)37-18-17-32(43)40-21-25-5-1-2-6-28(25)34-33(29-7-3-4-8-30(29)40)38-39-41(34)19-20-48-26-13-9-23(10-14-26)35(44)45/h1-16H,17-22H2,(H,37,42)(H,44,45)(H,46,47). The second-order valence-corrected chi connectivity index (χ2v) is 11.1. The minimum absolute atomic E-state index is 0.0277. The fourth-order valence-corrected chi connectivity index (χ4v) is 5.48. The van der Waals surface area contributed by atoms with Crippen molar-refractivity contribution in [1.29, 1.82) is 0 Å². The number of benzene rings is 4. The molecule has 248 valence electrons. The van der Waals surface area contributed by atoms with Crippen molar-refractivity contribution >= 4 is 29.4 Å². The Morgan fingerprint density at radius 1 is 0.755 bits per heavy atom. The fourth-order valence-electron chi connectivity index (χ4n) is 5.48. The molecule has 2 amide bonds. The Kier molecular flexibility index (Phi) is 9.60. The van der Waals surface area contributed by atoms with Gasteiger partial charge in [-0.25, -0.2) is 14.3 Å². The number of anilines is 1. The van der Waals surface area contributed by atoms with Gasteiger partial charge in [0.15, 0.2) is 6.61 Å². The van der Waals surface area contributed by atoms with Crippen LogP contribution in [0.2, 0.25) is 0 Å². The zero-order valence-corrected chi connectivity index (χ0v) is 26.1. The highest BCUT2D eigenvalue weighted by Gasteiger charge is 2.29. The largest absolute Gasteiger partial charge is 0.492 e. The number of para-hydroxylation sites is 1. The molecule has 0 bridgehead atoms. The lowest BCUT2D eigenvalue weighted by molar-refractivity contribution is -0.123. The number of nitrogens with one attached hydrogen (secondary N) is 1. The maximum atomic E-state index is 13.7. The van der Waals surface area contributed by atoms with Gasteiger partial charge in [-0.05, 0) is 60.2 Å². The Hall–Kier alpha value is -6.50. The molecule has 13 nitrogen and oxygen atoms in total. The van der Waals surface area contributed by atoms with Crippen LogP contribution in [0.15, 0.2) is 97.1 Å². The van der Waals surface area contributed by atoms with E-state index in [9.17, 15) is 19.2 Å². The van der Waals surface area contributed by atoms with Gasteiger partial charge in [0.05, 0.1) is 35.6 Å². The molecule has 3 N–H and O–H groups in total. The first-order chi connectivity index (χ1) is 23.8. The van der Waals surface area contributed by atoms with Crippen LogP contribution in [0.1, 0.15) is 32.7 Å². The quantitative estimate of drug-likeness (QED) is 0.173. The Bertz CT molecular complexity index is 2010. The van der Waals surface area contributed by atoms with Crippen molar-refractivity contribution in [3.63, 3.8) is 0 Å². The Morgan fingerprint density at radius 2 is 1.37 bits per heavy atom. The van der Waals surface area contributed by atoms with Gasteiger partial charge in [-0.15, -0.1) is 5.10 Å². The van der Waals surface area contributed by atoms with E-state index < -0.39 is 17.8 Å². The molecule has 2 heterocycles. The van der Waals surface area contributed by atoms with Crippen molar-refractivity contribution < 1.29 is 38.9 Å². The van der Waals surface area contributed by atoms with Gasteiger partial charge < -0.3 is 29.9 Å². The van der Waals surface area contributed by atoms with Crippen LogP contribution in [0.3, 0.4) is 0 Å². The maximum absolute atomic E-state index is 13.7. The summed E-state index contributed by atoms with van der Waals surface area (Å²) in [4.78, 5) is 50.1. The fraction of sp³-hybridized carbons (Fsp3) is 0.167. The molecule has 1 aliphatic rings. The molecule has 0 fully saturated rings. The lowest BCUT2D eigenvalue weighted by atomic mass is 9.95. The minimum atomic E-state index is -1.06. The predicted molar refractivity (Wildman–Crippen MR) is 178 cm³/mol. The number of hydrogen-bond acceptors (Lipinski definition) is 8. The number of carboxylic acid groups (broad SMARTS) is 2. The molecule has 0 aliphatic carbocycles. The van der Waals surface area contributed by atoms with Crippen LogP contribution in [-0.4, -0.2) is 68.7 Å². The number of rotatable bonds is 12. The highest BCUT2D eigenvalue weighted by Crippen LogP contribution is 2.41. The van der Waals surface area contributed by atoms with Gasteiger partial charge in [0.25, 0.3) is 5.91 Å². The first-order valence-electron chi connectivity index (χ1n) is 15.4. The van der Waals surface area contributed by atoms with Crippen molar-refractivity contribution in [3.8, 4) is 34.0 Å². The summed E-state index contributed by atoms with van der Waals surface area (Å²) in [6.07, 6.45) is 0.0277. The molecule has 0 unspecified atom stereocenters. The summed E-state index contributed by atoms with van der Waals surface area (Å²) in [5, 5.41) is 29.9. The van der Waals surface area contributed by atoms with Gasteiger partial charge in [-0.3, -0.25) is 9.59 Å². The summed E-state index contributed by atoms with van der Waals surface area (Å²) in [5.41, 5.74) is 4.80. The predicted octanol–water partition coefficient (Wildman–Crippen LogP) is 4.52. The van der Waals surface area contributed by atoms with E-state index in [2.05, 4.69) is 15.6 Å². The Balaban J connectivity index is 1.15. The molecule has 0 saturated carbocycles. The molecule has 0 radical (unpaired) electrons. The topological polar surface area (TPSA) is 173 Å². The monoisotopic (exact) mass is 661 g/mol. The molecule has 4 aromatic carbocycles. The number of ether oxygens (including phenoxy) is 2. The second kappa shape index (κ2) is 14.5. The van der Waals surface area contributed by atoms with Gasteiger partial charge in [-0.1, -0.05) is 47.7 Å². The van der Waals surface area contributed by atoms with Crippen LogP contribution < -0.4 is 19.7 Å². The summed E-state index contributed by atoms with van der Waals surface area (Å²) in [5.74, 6) is -1.81. The van der Waals surface area contributed by atoms with Crippen LogP contribution in [0.25, 0.3) is 22.5 Å². The second-order valence-electron chi connectivity index (χ2n) is 11.1. The first-order valence-corrected chi connectivity index (χ1v) is 15.4. The van der Waals surface area contributed by atoms with Gasteiger partial charge >= 0.3 is 11.9 Å². The lowest BCUT2D eigenvalue weighted by Crippen LogP contribution is -2.36. The number of fused-ring (bicyclic) bond motifs is 5. The molecule has 6 rings (SSSR count). The van der Waals surface area contributed by atoms with Crippen molar-refractivity contribution in [3.05, 3.63) is 114 Å². The SMILES string of the molecule is O=C(COc1ccc(C(=O)O)cc1)NCCC(=O)N1Cc2ccccc2-c2c(nnn2CCOc2ccc(C(=O)O)cc2)-c2ccccc21. The third-order valence-corrected chi connectivity index (χ3v) is 7.89. The normalized spacial score (nSPS) is 11.6. The number of aromatic nitrogens is 3. The highest BCUT2D eigenvalue weighted by atomic mass is 16.5. The summed E-state index contributed by atoms with van der Waals surface area (Å²) >= 11 is 0. The molecule has 49 heavy (non-hydrogen) atoms. The summed E-state index contributed by atoms with van der Waals surface area (Å²) in [7, 11) is 0. The third-order valence-electron chi connectivity index (χ3n) is 7.89. The first kappa shape index (κ1) is 32.4. The summed E-state index contributed by atoms with van der Waals surface area (Å²) < 4.78 is 13.1. The number of amides is 2. The van der Waals surface area contributed by atoms with Crippen molar-refractivity contribution in [2.75, 3.05) is 24.7 Å². The van der Waals surface area contributed by atoms with Crippen molar-refractivity contribution in [1.82, 2.24) is 20.3 Å². The van der Waals surface area contributed by atoms with E-state index in [1.165, 1.54) is 36.4 Å². The molecular weight excluding hydrogens is 630 g/mol. The van der Waals surface area contributed by atoms with E-state index >= 15 is 0 Å². The smallest absolute Gasteiger partial charge is 0.335 e. The number of carbonyl (C=O) groups excluding carboxylic acids is 2. The molecule has 1 aromatic heterocycles. The van der Waals surface area contributed by atoms with E-state index in [-0.39, 0.29) is 49.8 Å². The summed E-state index contributed by atoms with van der Waals surface area (Å²) in [6.45, 7) is 0.677. The Morgan fingerprint density at radius 3 is 2.04 bits per heavy atom. The van der Waals surface area contributed by atoms with Crippen molar-refractivity contribution in [2.24, 2.45) is 0 Å². The van der Waals surface area contributed by atoms with Crippen LogP contribution in [0.5, 0.6) is 11.5 Å². The molecule has 1 aliphatic heterocycles. The molecule has 0 spiro atoms. The number of carbonyl (C=O) groups is 4. The van der Waals surface area contributed by atoms with Crippen LogP contribution in [-0.2, 0) is 22.7 Å². The van der Waals surface area contributed by atoms with E-state index in [0.717, 1.165) is 22.4 Å². The minimum Gasteiger partial charge on any atom is -0.492 e. The average molecular weight is 662 g/mol. The van der Waals surface area contributed by atoms with E-state index in [1.54, 1.807) is 21.7 Å². The number of hydrogen-bond donors (Lipinski definition) is 3. The maximum Gasteiger partial charge on any atom is 0.335 e. The third kappa shape index (κ3) is 7.41. The van der Waals surface area contributed by atoms with E-state index in [1.807, 2.05) is 48.5 Å². The van der Waals surface area contributed by atoms with Gasteiger partial charge in [0, 0.05) is 24.1 Å². The zero-order valence-electron chi connectivity index (χ0n) is 26.1. The molecule has 13 heteroatoms. The Labute approximate surface area is 280 Å². The lowest BCUT2D eigenvalue weighted by Gasteiger charge is -2.28. The van der Waals surface area contributed by atoms with Crippen LogP contribution in [0.4, 0.5) is 5.69 Å². The number of aromatic carboxylic acids is 2. The molecule has 0 atom stereocenters. The van der Waals surface area contributed by atoms with E-state index in [4.69, 9.17) is 19.7 Å². The molecule has 5 aromatic rings. The van der Waals surface area contributed by atoms with E-state index in [0.29, 0.717) is 29.4 Å². The molecule has 0 saturated heterocycles.